The van der Waals surface area contributed by atoms with Crippen molar-refractivity contribution < 1.29 is 9.53 Å². The van der Waals surface area contributed by atoms with Gasteiger partial charge in [-0.1, -0.05) is 43.5 Å². The van der Waals surface area contributed by atoms with Crippen molar-refractivity contribution in [3.63, 3.8) is 0 Å². The number of urea groups is 1. The SMILES string of the molecule is CC1(C)Cc2cccc(C3=CCN(CCCCN4CCN(C5CCCCC5)C4=O)CC3)c2O1. The number of nitrogens with zero attached hydrogens (tertiary/aromatic N) is 3. The van der Waals surface area contributed by atoms with Gasteiger partial charge in [-0.2, -0.15) is 0 Å². The average Bonchev–Trinajstić information content (AvgIpc) is 3.35. The first-order chi connectivity index (χ1) is 16.0. The van der Waals surface area contributed by atoms with Crippen LogP contribution in [0.5, 0.6) is 5.75 Å². The zero-order valence-electron chi connectivity index (χ0n) is 20.7. The molecule has 1 saturated heterocycles. The molecule has 2 amide bonds. The lowest BCUT2D eigenvalue weighted by Crippen LogP contribution is -2.40. The summed E-state index contributed by atoms with van der Waals surface area (Å²) in [6.45, 7) is 10.4. The Labute approximate surface area is 199 Å². The molecule has 0 aromatic heterocycles. The topological polar surface area (TPSA) is 36.0 Å². The number of ether oxygens (including phenoxy) is 1. The van der Waals surface area contributed by atoms with Gasteiger partial charge in [-0.05, 0) is 63.6 Å². The quantitative estimate of drug-likeness (QED) is 0.525. The number of rotatable bonds is 7. The van der Waals surface area contributed by atoms with Crippen LogP contribution in [0.3, 0.4) is 0 Å². The molecule has 1 aliphatic carbocycles. The predicted molar refractivity (Wildman–Crippen MR) is 134 cm³/mol. The van der Waals surface area contributed by atoms with Crippen LogP contribution in [0.25, 0.3) is 5.57 Å². The summed E-state index contributed by atoms with van der Waals surface area (Å²) in [4.78, 5) is 19.6. The summed E-state index contributed by atoms with van der Waals surface area (Å²) < 4.78 is 6.30. The van der Waals surface area contributed by atoms with E-state index in [1.165, 1.54) is 48.8 Å². The Morgan fingerprint density at radius 3 is 2.64 bits per heavy atom. The minimum absolute atomic E-state index is 0.0934. The fourth-order valence-electron chi connectivity index (χ4n) is 6.21. The summed E-state index contributed by atoms with van der Waals surface area (Å²) in [6.07, 6.45) is 13.1. The van der Waals surface area contributed by atoms with Gasteiger partial charge in [0.15, 0.2) is 0 Å². The Balaban J connectivity index is 1.06. The molecule has 5 rings (SSSR count). The third-order valence-electron chi connectivity index (χ3n) is 8.03. The van der Waals surface area contributed by atoms with Crippen LogP contribution in [0.15, 0.2) is 24.3 Å². The van der Waals surface area contributed by atoms with Gasteiger partial charge in [0.1, 0.15) is 11.4 Å². The Kier molecular flexibility index (Phi) is 6.69. The highest BCUT2D eigenvalue weighted by atomic mass is 16.5. The van der Waals surface area contributed by atoms with E-state index in [9.17, 15) is 4.79 Å². The maximum Gasteiger partial charge on any atom is 0.320 e. The van der Waals surface area contributed by atoms with Crippen LogP contribution in [0.1, 0.15) is 76.3 Å². The van der Waals surface area contributed by atoms with Gasteiger partial charge in [0.25, 0.3) is 0 Å². The third kappa shape index (κ3) is 5.08. The molecule has 0 radical (unpaired) electrons. The minimum Gasteiger partial charge on any atom is -0.487 e. The molecule has 3 heterocycles. The number of unbranched alkanes of at least 4 members (excludes halogenated alkanes) is 1. The van der Waals surface area contributed by atoms with Crippen LogP contribution >= 0.6 is 0 Å². The average molecular weight is 452 g/mol. The van der Waals surface area contributed by atoms with E-state index in [1.54, 1.807) is 0 Å². The van der Waals surface area contributed by atoms with E-state index in [2.05, 4.69) is 52.8 Å². The second kappa shape index (κ2) is 9.69. The maximum absolute atomic E-state index is 12.8. The molecule has 180 valence electrons. The number of carbonyl (C=O) groups excluding carboxylic acids is 1. The molecule has 0 atom stereocenters. The van der Waals surface area contributed by atoms with Crippen LogP contribution < -0.4 is 4.74 Å². The Morgan fingerprint density at radius 1 is 1.03 bits per heavy atom. The first-order valence-electron chi connectivity index (χ1n) is 13.3. The van der Waals surface area contributed by atoms with Crippen molar-refractivity contribution in [3.05, 3.63) is 35.4 Å². The fourth-order valence-corrected chi connectivity index (χ4v) is 6.21. The number of benzene rings is 1. The van der Waals surface area contributed by atoms with Crippen molar-refractivity contribution >= 4 is 11.6 Å². The van der Waals surface area contributed by atoms with E-state index in [-0.39, 0.29) is 5.60 Å². The lowest BCUT2D eigenvalue weighted by atomic mass is 9.94. The molecule has 0 unspecified atom stereocenters. The van der Waals surface area contributed by atoms with Crippen molar-refractivity contribution in [2.45, 2.75) is 83.3 Å². The van der Waals surface area contributed by atoms with Gasteiger partial charge < -0.3 is 14.5 Å². The standard InChI is InChI=1S/C28H41N3O2/c1-28(2)21-23-9-8-12-25(26(23)33-28)22-13-17-29(18-14-22)15-6-7-16-30-19-20-31(27(30)32)24-10-4-3-5-11-24/h8-9,12-13,24H,3-7,10-11,14-21H2,1-2H3. The van der Waals surface area contributed by atoms with Crippen molar-refractivity contribution in [1.29, 1.82) is 0 Å². The number of amides is 2. The molecule has 1 aromatic carbocycles. The number of hydrogen-bond acceptors (Lipinski definition) is 3. The highest BCUT2D eigenvalue weighted by molar-refractivity contribution is 5.77. The van der Waals surface area contributed by atoms with E-state index in [0.29, 0.717) is 12.1 Å². The van der Waals surface area contributed by atoms with Crippen molar-refractivity contribution in [3.8, 4) is 5.75 Å². The van der Waals surface area contributed by atoms with Gasteiger partial charge in [-0.15, -0.1) is 0 Å². The second-order valence-electron chi connectivity index (χ2n) is 11.1. The lowest BCUT2D eigenvalue weighted by molar-refractivity contribution is 0.138. The van der Waals surface area contributed by atoms with Crippen molar-refractivity contribution in [1.82, 2.24) is 14.7 Å². The van der Waals surface area contributed by atoms with Gasteiger partial charge in [-0.25, -0.2) is 4.79 Å². The molecule has 3 aliphatic heterocycles. The molecule has 33 heavy (non-hydrogen) atoms. The molecule has 0 N–H and O–H groups in total. The first-order valence-corrected chi connectivity index (χ1v) is 13.3. The summed E-state index contributed by atoms with van der Waals surface area (Å²) >= 11 is 0. The predicted octanol–water partition coefficient (Wildman–Crippen LogP) is 5.34. The minimum atomic E-state index is -0.0934. The largest absolute Gasteiger partial charge is 0.487 e. The Hall–Kier alpha value is -2.01. The van der Waals surface area contributed by atoms with Crippen molar-refractivity contribution in [2.24, 2.45) is 0 Å². The van der Waals surface area contributed by atoms with E-state index in [4.69, 9.17) is 4.74 Å². The zero-order chi connectivity index (χ0) is 22.8. The van der Waals surface area contributed by atoms with Gasteiger partial charge in [-0.3, -0.25) is 4.90 Å². The van der Waals surface area contributed by atoms with Crippen LogP contribution in [-0.2, 0) is 6.42 Å². The summed E-state index contributed by atoms with van der Waals surface area (Å²) in [5.41, 5.74) is 3.99. The normalized spacial score (nSPS) is 23.6. The molecular formula is C28H41N3O2. The summed E-state index contributed by atoms with van der Waals surface area (Å²) in [5, 5.41) is 0. The number of para-hydroxylation sites is 1. The fraction of sp³-hybridized carbons (Fsp3) is 0.679. The smallest absolute Gasteiger partial charge is 0.320 e. The second-order valence-corrected chi connectivity index (χ2v) is 11.1. The third-order valence-corrected chi connectivity index (χ3v) is 8.03. The molecule has 4 aliphatic rings. The highest BCUT2D eigenvalue weighted by Gasteiger charge is 2.34. The molecule has 0 spiro atoms. The molecule has 5 nitrogen and oxygen atoms in total. The highest BCUT2D eigenvalue weighted by Crippen LogP contribution is 2.41. The molecule has 2 fully saturated rings. The molecule has 1 aromatic rings. The van der Waals surface area contributed by atoms with Gasteiger partial charge in [0, 0.05) is 50.7 Å². The molecule has 1 saturated carbocycles. The van der Waals surface area contributed by atoms with Crippen LogP contribution in [0.2, 0.25) is 0 Å². The molecule has 5 heteroatoms. The van der Waals surface area contributed by atoms with Crippen LogP contribution in [0.4, 0.5) is 4.79 Å². The molecular weight excluding hydrogens is 410 g/mol. The zero-order valence-corrected chi connectivity index (χ0v) is 20.7. The number of fused-ring (bicyclic) bond motifs is 1. The van der Waals surface area contributed by atoms with Gasteiger partial charge >= 0.3 is 6.03 Å². The van der Waals surface area contributed by atoms with E-state index >= 15 is 0 Å². The van der Waals surface area contributed by atoms with Gasteiger partial charge in [0.2, 0.25) is 0 Å². The number of hydrogen-bond donors (Lipinski definition) is 0. The van der Waals surface area contributed by atoms with Crippen LogP contribution in [0, 0.1) is 0 Å². The summed E-state index contributed by atoms with van der Waals surface area (Å²) in [7, 11) is 0. The lowest BCUT2D eigenvalue weighted by Gasteiger charge is -2.31. The van der Waals surface area contributed by atoms with Crippen LogP contribution in [-0.4, -0.2) is 71.6 Å². The Bertz CT molecular complexity index is 887. The van der Waals surface area contributed by atoms with E-state index < -0.39 is 0 Å². The molecule has 0 bridgehead atoms. The summed E-state index contributed by atoms with van der Waals surface area (Å²) in [6, 6.07) is 7.43. The van der Waals surface area contributed by atoms with Crippen molar-refractivity contribution in [2.75, 3.05) is 39.3 Å². The maximum atomic E-state index is 12.8. The first kappa shape index (κ1) is 22.8. The summed E-state index contributed by atoms with van der Waals surface area (Å²) in [5.74, 6) is 1.11. The van der Waals surface area contributed by atoms with E-state index in [1.807, 2.05) is 0 Å². The Morgan fingerprint density at radius 2 is 1.85 bits per heavy atom. The monoisotopic (exact) mass is 451 g/mol. The van der Waals surface area contributed by atoms with E-state index in [0.717, 1.165) is 70.7 Å². The van der Waals surface area contributed by atoms with Gasteiger partial charge in [0.05, 0.1) is 0 Å². The number of carbonyl (C=O) groups is 1.